The largest absolute Gasteiger partial charge is 0.353 e. The van der Waals surface area contributed by atoms with Crippen molar-refractivity contribution >= 4 is 5.91 Å². The van der Waals surface area contributed by atoms with Crippen molar-refractivity contribution in [3.63, 3.8) is 0 Å². The predicted molar refractivity (Wildman–Crippen MR) is 95.2 cm³/mol. The first-order chi connectivity index (χ1) is 12.3. The minimum absolute atomic E-state index is 0.00519. The van der Waals surface area contributed by atoms with Gasteiger partial charge >= 0.3 is 0 Å². The number of ether oxygens (including phenoxy) is 2. The minimum atomic E-state index is -0.171. The Hall–Kier alpha value is -1.43. The molecule has 4 rings (SSSR count). The van der Waals surface area contributed by atoms with E-state index < -0.39 is 0 Å². The molecule has 5 nitrogen and oxygen atoms in total. The lowest BCUT2D eigenvalue weighted by molar-refractivity contribution is -0.164. The quantitative estimate of drug-likeness (QED) is 0.910. The zero-order valence-electron chi connectivity index (χ0n) is 14.8. The second-order valence-electron chi connectivity index (χ2n) is 7.47. The standard InChI is InChI=1S/C20H28N2O3/c23-18-15-16-5-1-2-6-17(16)20(21-18)8-10-22(11-9-20)12-14-25-19-7-3-4-13-24-19/h1-2,5-6,19H,3-4,7-15H2,(H,21,23). The average Bonchev–Trinajstić information content (AvgIpc) is 2.64. The third-order valence-electron chi connectivity index (χ3n) is 5.82. The lowest BCUT2D eigenvalue weighted by atomic mass is 9.75. The summed E-state index contributed by atoms with van der Waals surface area (Å²) in [5, 5.41) is 3.30. The van der Waals surface area contributed by atoms with E-state index in [0.29, 0.717) is 6.42 Å². The number of amides is 1. The molecule has 1 atom stereocenters. The van der Waals surface area contributed by atoms with Gasteiger partial charge in [-0.05, 0) is 43.2 Å². The molecule has 0 radical (unpaired) electrons. The van der Waals surface area contributed by atoms with Crippen LogP contribution >= 0.6 is 0 Å². The van der Waals surface area contributed by atoms with E-state index in [0.717, 1.165) is 58.5 Å². The number of carbonyl (C=O) groups is 1. The van der Waals surface area contributed by atoms with Crippen molar-refractivity contribution < 1.29 is 14.3 Å². The number of likely N-dealkylation sites (tertiary alicyclic amines) is 1. The highest BCUT2D eigenvalue weighted by Gasteiger charge is 2.41. The molecule has 136 valence electrons. The van der Waals surface area contributed by atoms with Crippen LogP contribution in [0, 0.1) is 0 Å². The molecule has 3 aliphatic rings. The third kappa shape index (κ3) is 3.73. The molecule has 1 unspecified atom stereocenters. The number of fused-ring (bicyclic) bond motifs is 2. The summed E-state index contributed by atoms with van der Waals surface area (Å²) in [4.78, 5) is 14.6. The Balaban J connectivity index is 1.31. The van der Waals surface area contributed by atoms with Gasteiger partial charge in [-0.2, -0.15) is 0 Å². The van der Waals surface area contributed by atoms with Crippen molar-refractivity contribution in [3.05, 3.63) is 35.4 Å². The Morgan fingerprint density at radius 3 is 2.88 bits per heavy atom. The minimum Gasteiger partial charge on any atom is -0.353 e. The normalized spacial score (nSPS) is 26.2. The molecule has 0 aliphatic carbocycles. The Kier molecular flexibility index (Phi) is 5.06. The summed E-state index contributed by atoms with van der Waals surface area (Å²) < 4.78 is 11.5. The van der Waals surface area contributed by atoms with Gasteiger partial charge in [0.25, 0.3) is 0 Å². The van der Waals surface area contributed by atoms with Crippen LogP contribution in [0.1, 0.15) is 43.2 Å². The predicted octanol–water partition coefficient (Wildman–Crippen LogP) is 2.19. The monoisotopic (exact) mass is 344 g/mol. The average molecular weight is 344 g/mol. The number of hydrogen-bond donors (Lipinski definition) is 1. The highest BCUT2D eigenvalue weighted by atomic mass is 16.7. The first kappa shape index (κ1) is 17.0. The number of nitrogens with one attached hydrogen (secondary N) is 1. The van der Waals surface area contributed by atoms with Gasteiger partial charge in [0, 0.05) is 26.2 Å². The summed E-state index contributed by atoms with van der Waals surface area (Å²) >= 11 is 0. The van der Waals surface area contributed by atoms with Crippen LogP contribution in [0.5, 0.6) is 0 Å². The van der Waals surface area contributed by atoms with Gasteiger partial charge in [0.05, 0.1) is 18.6 Å². The smallest absolute Gasteiger partial charge is 0.225 e. The summed E-state index contributed by atoms with van der Waals surface area (Å²) in [5.74, 6) is 0.157. The summed E-state index contributed by atoms with van der Waals surface area (Å²) in [6.45, 7) is 4.47. The van der Waals surface area contributed by atoms with Gasteiger partial charge in [-0.25, -0.2) is 0 Å². The molecule has 1 N–H and O–H groups in total. The van der Waals surface area contributed by atoms with Crippen molar-refractivity contribution in [2.24, 2.45) is 0 Å². The number of carbonyl (C=O) groups excluding carboxylic acids is 1. The SMILES string of the molecule is O=C1Cc2ccccc2C2(CCN(CCOC3CCCCO3)CC2)N1. The first-order valence-electron chi connectivity index (χ1n) is 9.60. The van der Waals surface area contributed by atoms with Crippen LogP contribution in [0.25, 0.3) is 0 Å². The van der Waals surface area contributed by atoms with Gasteiger partial charge in [0.2, 0.25) is 5.91 Å². The van der Waals surface area contributed by atoms with E-state index >= 15 is 0 Å². The maximum atomic E-state index is 12.2. The van der Waals surface area contributed by atoms with Crippen LogP contribution in [0.4, 0.5) is 0 Å². The zero-order chi connectivity index (χ0) is 17.1. The summed E-state index contributed by atoms with van der Waals surface area (Å²) in [5.41, 5.74) is 2.34. The number of piperidine rings is 1. The van der Waals surface area contributed by atoms with Gasteiger partial charge in [-0.15, -0.1) is 0 Å². The molecule has 2 saturated heterocycles. The van der Waals surface area contributed by atoms with Crippen molar-refractivity contribution in [2.75, 3.05) is 32.8 Å². The zero-order valence-corrected chi connectivity index (χ0v) is 14.8. The van der Waals surface area contributed by atoms with Crippen molar-refractivity contribution in [1.82, 2.24) is 10.2 Å². The summed E-state index contributed by atoms with van der Waals surface area (Å²) in [7, 11) is 0. The third-order valence-corrected chi connectivity index (χ3v) is 5.82. The first-order valence-corrected chi connectivity index (χ1v) is 9.60. The number of nitrogens with zero attached hydrogens (tertiary/aromatic N) is 1. The van der Waals surface area contributed by atoms with Crippen molar-refractivity contribution in [1.29, 1.82) is 0 Å². The van der Waals surface area contributed by atoms with Crippen LogP contribution in [0.15, 0.2) is 24.3 Å². The van der Waals surface area contributed by atoms with Crippen LogP contribution < -0.4 is 5.32 Å². The fourth-order valence-corrected chi connectivity index (χ4v) is 4.40. The molecule has 0 aromatic heterocycles. The Morgan fingerprint density at radius 1 is 1.24 bits per heavy atom. The van der Waals surface area contributed by atoms with E-state index in [1.807, 2.05) is 6.07 Å². The molecular weight excluding hydrogens is 316 g/mol. The molecule has 3 aliphatic heterocycles. The van der Waals surface area contributed by atoms with E-state index in [-0.39, 0.29) is 17.7 Å². The molecule has 0 bridgehead atoms. The van der Waals surface area contributed by atoms with Gasteiger partial charge in [0.15, 0.2) is 6.29 Å². The highest BCUT2D eigenvalue weighted by molar-refractivity contribution is 5.82. The molecule has 5 heteroatoms. The van der Waals surface area contributed by atoms with Gasteiger partial charge in [0.1, 0.15) is 0 Å². The maximum Gasteiger partial charge on any atom is 0.225 e. The lowest BCUT2D eigenvalue weighted by Gasteiger charge is -2.45. The second kappa shape index (κ2) is 7.44. The number of hydrogen-bond acceptors (Lipinski definition) is 4. The van der Waals surface area contributed by atoms with Gasteiger partial charge in [-0.3, -0.25) is 4.79 Å². The van der Waals surface area contributed by atoms with Gasteiger partial charge in [-0.1, -0.05) is 24.3 Å². The second-order valence-corrected chi connectivity index (χ2v) is 7.47. The fraction of sp³-hybridized carbons (Fsp3) is 0.650. The van der Waals surface area contributed by atoms with Crippen LogP contribution in [-0.2, 0) is 26.2 Å². The van der Waals surface area contributed by atoms with E-state index in [4.69, 9.17) is 9.47 Å². The Labute approximate surface area is 149 Å². The molecular formula is C20H28N2O3. The molecule has 3 heterocycles. The van der Waals surface area contributed by atoms with E-state index in [9.17, 15) is 4.79 Å². The van der Waals surface area contributed by atoms with Crippen LogP contribution in [0.3, 0.4) is 0 Å². The lowest BCUT2D eigenvalue weighted by Crippen LogP contribution is -2.56. The summed E-state index contributed by atoms with van der Waals surface area (Å²) in [6, 6.07) is 8.40. The van der Waals surface area contributed by atoms with E-state index in [2.05, 4.69) is 28.4 Å². The molecule has 1 amide bonds. The van der Waals surface area contributed by atoms with Crippen molar-refractivity contribution in [3.8, 4) is 0 Å². The maximum absolute atomic E-state index is 12.2. The van der Waals surface area contributed by atoms with Crippen molar-refractivity contribution in [2.45, 2.75) is 50.4 Å². The number of benzene rings is 1. The fourth-order valence-electron chi connectivity index (χ4n) is 4.40. The molecule has 25 heavy (non-hydrogen) atoms. The highest BCUT2D eigenvalue weighted by Crippen LogP contribution is 2.37. The van der Waals surface area contributed by atoms with E-state index in [1.165, 1.54) is 17.5 Å². The molecule has 1 spiro atoms. The van der Waals surface area contributed by atoms with E-state index in [1.54, 1.807) is 0 Å². The number of rotatable bonds is 4. The van der Waals surface area contributed by atoms with Gasteiger partial charge < -0.3 is 19.7 Å². The van der Waals surface area contributed by atoms with Crippen LogP contribution in [-0.4, -0.2) is 49.9 Å². The summed E-state index contributed by atoms with van der Waals surface area (Å²) in [6.07, 6.45) is 5.82. The topological polar surface area (TPSA) is 50.8 Å². The molecule has 2 fully saturated rings. The molecule has 1 aromatic carbocycles. The Morgan fingerprint density at radius 2 is 2.08 bits per heavy atom. The van der Waals surface area contributed by atoms with Crippen LogP contribution in [0.2, 0.25) is 0 Å². The molecule has 0 saturated carbocycles. The molecule has 1 aromatic rings. The Bertz CT molecular complexity index is 605.